The van der Waals surface area contributed by atoms with Crippen molar-refractivity contribution in [2.45, 2.75) is 56.4 Å². The lowest BCUT2D eigenvalue weighted by Gasteiger charge is -2.56. The fraction of sp³-hybridized carbons (Fsp3) is 0.435. The fourth-order valence-corrected chi connectivity index (χ4v) is 6.41. The van der Waals surface area contributed by atoms with E-state index >= 15 is 0 Å². The first kappa shape index (κ1) is 19.2. The second-order valence-corrected chi connectivity index (χ2v) is 10.5. The summed E-state index contributed by atoms with van der Waals surface area (Å²) < 4.78 is 28.0. The second kappa shape index (κ2) is 6.73. The maximum absolute atomic E-state index is 13.6. The summed E-state index contributed by atoms with van der Waals surface area (Å²) in [4.78, 5) is 13.8. The van der Waals surface area contributed by atoms with E-state index < -0.39 is 15.4 Å². The van der Waals surface area contributed by atoms with Crippen molar-refractivity contribution < 1.29 is 13.2 Å². The van der Waals surface area contributed by atoms with E-state index in [1.807, 2.05) is 37.3 Å². The Morgan fingerprint density at radius 2 is 1.64 bits per heavy atom. The largest absolute Gasteiger partial charge is 0.273 e. The highest BCUT2D eigenvalue weighted by atomic mass is 32.2. The number of carbonyl (C=O) groups is 1. The van der Waals surface area contributed by atoms with Gasteiger partial charge in [0.25, 0.3) is 10.0 Å². The van der Waals surface area contributed by atoms with Gasteiger partial charge in [-0.2, -0.15) is 0 Å². The van der Waals surface area contributed by atoms with Crippen molar-refractivity contribution in [1.29, 1.82) is 0 Å². The summed E-state index contributed by atoms with van der Waals surface area (Å²) in [7, 11) is -3.85. The molecule has 0 N–H and O–H groups in total. The van der Waals surface area contributed by atoms with Crippen LogP contribution in [-0.2, 0) is 20.2 Å². The predicted molar refractivity (Wildman–Crippen MR) is 109 cm³/mol. The smallest absolute Gasteiger partial charge is 0.266 e. The minimum absolute atomic E-state index is 0.198. The third kappa shape index (κ3) is 2.87. The Kier molecular flexibility index (Phi) is 4.61. The molecule has 2 atom stereocenters. The molecule has 1 amide bonds. The zero-order valence-electron chi connectivity index (χ0n) is 16.6. The molecule has 4 rings (SSSR count). The van der Waals surface area contributed by atoms with E-state index in [4.69, 9.17) is 0 Å². The SMILES string of the molecule is Cc1ccc(S(=O)(=O)N2C(=O)[C@@](CC(C)C)(c3ccccc3)[C@H]2C2CC2)cc1. The zero-order valence-corrected chi connectivity index (χ0v) is 17.4. The van der Waals surface area contributed by atoms with Gasteiger partial charge < -0.3 is 0 Å². The molecule has 0 radical (unpaired) electrons. The zero-order chi connectivity index (χ0) is 20.1. The lowest BCUT2D eigenvalue weighted by atomic mass is 9.62. The molecule has 0 aromatic heterocycles. The maximum Gasteiger partial charge on any atom is 0.266 e. The first-order valence-electron chi connectivity index (χ1n) is 9.99. The van der Waals surface area contributed by atoms with Gasteiger partial charge in [0.1, 0.15) is 0 Å². The molecule has 2 aliphatic rings. The predicted octanol–water partition coefficient (Wildman–Crippen LogP) is 4.29. The highest BCUT2D eigenvalue weighted by Crippen LogP contribution is 2.56. The summed E-state index contributed by atoms with van der Waals surface area (Å²) in [6.45, 7) is 6.11. The molecule has 0 spiro atoms. The average Bonchev–Trinajstić information content (AvgIpc) is 3.49. The van der Waals surface area contributed by atoms with Crippen LogP contribution in [0.1, 0.15) is 44.2 Å². The molecule has 148 valence electrons. The molecule has 1 heterocycles. The first-order valence-corrected chi connectivity index (χ1v) is 11.4. The number of amides is 1. The Balaban J connectivity index is 1.81. The molecule has 4 nitrogen and oxygen atoms in total. The van der Waals surface area contributed by atoms with Crippen LogP contribution in [0.3, 0.4) is 0 Å². The van der Waals surface area contributed by atoms with Gasteiger partial charge in [0.05, 0.1) is 16.4 Å². The van der Waals surface area contributed by atoms with Gasteiger partial charge in [-0.15, -0.1) is 0 Å². The van der Waals surface area contributed by atoms with E-state index in [1.54, 1.807) is 24.3 Å². The lowest BCUT2D eigenvalue weighted by molar-refractivity contribution is -0.153. The van der Waals surface area contributed by atoms with Crippen molar-refractivity contribution >= 4 is 15.9 Å². The number of rotatable bonds is 6. The molecule has 2 fully saturated rings. The lowest BCUT2D eigenvalue weighted by Crippen LogP contribution is -2.73. The van der Waals surface area contributed by atoms with Crippen molar-refractivity contribution in [2.24, 2.45) is 11.8 Å². The molecule has 2 aromatic carbocycles. The third-order valence-corrected chi connectivity index (χ3v) is 7.78. The Morgan fingerprint density at radius 1 is 1.04 bits per heavy atom. The third-order valence-electron chi connectivity index (χ3n) is 6.00. The molecule has 2 aromatic rings. The topological polar surface area (TPSA) is 54.5 Å². The Morgan fingerprint density at radius 3 is 2.18 bits per heavy atom. The number of hydrogen-bond acceptors (Lipinski definition) is 3. The van der Waals surface area contributed by atoms with Gasteiger partial charge in [-0.3, -0.25) is 4.79 Å². The van der Waals surface area contributed by atoms with Gasteiger partial charge >= 0.3 is 0 Å². The van der Waals surface area contributed by atoms with Gasteiger partial charge in [-0.1, -0.05) is 61.9 Å². The molecular weight excluding hydrogens is 370 g/mol. The van der Waals surface area contributed by atoms with Crippen molar-refractivity contribution in [2.75, 3.05) is 0 Å². The minimum atomic E-state index is -3.85. The van der Waals surface area contributed by atoms with Crippen LogP contribution < -0.4 is 0 Å². The average molecular weight is 398 g/mol. The maximum atomic E-state index is 13.6. The first-order chi connectivity index (χ1) is 13.3. The van der Waals surface area contributed by atoms with Gasteiger partial charge in [-0.05, 0) is 55.7 Å². The van der Waals surface area contributed by atoms with Gasteiger partial charge in [-0.25, -0.2) is 12.7 Å². The summed E-state index contributed by atoms with van der Waals surface area (Å²) in [5.74, 6) is 0.261. The molecule has 28 heavy (non-hydrogen) atoms. The van der Waals surface area contributed by atoms with Crippen LogP contribution in [0, 0.1) is 18.8 Å². The number of sulfonamides is 1. The Bertz CT molecular complexity index is 978. The standard InChI is InChI=1S/C23H27NO3S/c1-16(2)15-23(19-7-5-4-6-8-19)21(18-11-12-18)24(22(23)25)28(26,27)20-13-9-17(3)10-14-20/h4-10,13-14,16,18,21H,11-12,15H2,1-3H3/t21-,23+/m1/s1. The number of aryl methyl sites for hydroxylation is 1. The Hall–Kier alpha value is -2.14. The van der Waals surface area contributed by atoms with E-state index in [0.29, 0.717) is 6.42 Å². The highest BCUT2D eigenvalue weighted by molar-refractivity contribution is 7.89. The van der Waals surface area contributed by atoms with E-state index in [9.17, 15) is 13.2 Å². The molecule has 0 unspecified atom stereocenters. The van der Waals surface area contributed by atoms with Gasteiger partial charge in [0, 0.05) is 0 Å². The van der Waals surface area contributed by atoms with Crippen LogP contribution in [0.2, 0.25) is 0 Å². The second-order valence-electron chi connectivity index (χ2n) is 8.64. The van der Waals surface area contributed by atoms with Crippen molar-refractivity contribution in [3.05, 3.63) is 65.7 Å². The van der Waals surface area contributed by atoms with Crippen LogP contribution in [0.4, 0.5) is 0 Å². The molecule has 1 aliphatic carbocycles. The normalized spacial score (nSPS) is 25.1. The fourth-order valence-electron chi connectivity index (χ4n) is 4.67. The number of carbonyl (C=O) groups excluding carboxylic acids is 1. The number of nitrogens with zero attached hydrogens (tertiary/aromatic N) is 1. The molecule has 5 heteroatoms. The van der Waals surface area contributed by atoms with Crippen molar-refractivity contribution in [3.63, 3.8) is 0 Å². The highest BCUT2D eigenvalue weighted by Gasteiger charge is 2.68. The van der Waals surface area contributed by atoms with E-state index in [0.717, 1.165) is 24.0 Å². The van der Waals surface area contributed by atoms with E-state index in [1.165, 1.54) is 4.31 Å². The summed E-state index contributed by atoms with van der Waals surface area (Å²) >= 11 is 0. The van der Waals surface area contributed by atoms with Gasteiger partial charge in [0.2, 0.25) is 5.91 Å². The van der Waals surface area contributed by atoms with E-state index in [-0.39, 0.29) is 28.7 Å². The molecule has 1 aliphatic heterocycles. The minimum Gasteiger partial charge on any atom is -0.273 e. The summed E-state index contributed by atoms with van der Waals surface area (Å²) in [5.41, 5.74) is 1.20. The van der Waals surface area contributed by atoms with Gasteiger partial charge in [0.15, 0.2) is 0 Å². The number of benzene rings is 2. The van der Waals surface area contributed by atoms with Crippen LogP contribution in [0.15, 0.2) is 59.5 Å². The Labute approximate surface area is 167 Å². The van der Waals surface area contributed by atoms with Crippen molar-refractivity contribution in [1.82, 2.24) is 4.31 Å². The van der Waals surface area contributed by atoms with Crippen molar-refractivity contribution in [3.8, 4) is 0 Å². The van der Waals surface area contributed by atoms with Crippen LogP contribution in [0.5, 0.6) is 0 Å². The van der Waals surface area contributed by atoms with Crippen LogP contribution >= 0.6 is 0 Å². The summed E-state index contributed by atoms with van der Waals surface area (Å²) in [6.07, 6.45) is 2.62. The monoisotopic (exact) mass is 397 g/mol. The molecule has 0 bridgehead atoms. The molecular formula is C23H27NO3S. The quantitative estimate of drug-likeness (QED) is 0.684. The number of hydrogen-bond donors (Lipinski definition) is 0. The molecule has 1 saturated heterocycles. The van der Waals surface area contributed by atoms with Crippen LogP contribution in [-0.4, -0.2) is 24.7 Å². The number of β-lactam (4-membered cyclic amide) rings is 1. The summed E-state index contributed by atoms with van der Waals surface area (Å²) in [5, 5.41) is 0. The van der Waals surface area contributed by atoms with E-state index in [2.05, 4.69) is 13.8 Å². The molecule has 1 saturated carbocycles. The van der Waals surface area contributed by atoms with Crippen LogP contribution in [0.25, 0.3) is 0 Å². The summed E-state index contributed by atoms with van der Waals surface area (Å²) in [6, 6.07) is 16.2.